The second-order valence-corrected chi connectivity index (χ2v) is 20.4. The van der Waals surface area contributed by atoms with Crippen molar-refractivity contribution in [2.24, 2.45) is 46.3 Å². The number of ether oxygens (including phenoxy) is 3. The van der Waals surface area contributed by atoms with Gasteiger partial charge in [-0.1, -0.05) is 134 Å². The summed E-state index contributed by atoms with van der Waals surface area (Å²) in [5.41, 5.74) is 2.12. The molecule has 3 saturated carbocycles. The van der Waals surface area contributed by atoms with Crippen molar-refractivity contribution in [2.75, 3.05) is 6.61 Å². The number of fused-ring (bicyclic) bond motifs is 5. The highest BCUT2D eigenvalue weighted by Gasteiger charge is 2.59. The fourth-order valence-corrected chi connectivity index (χ4v) is 12.4. The van der Waals surface area contributed by atoms with Crippen LogP contribution in [0.2, 0.25) is 0 Å². The van der Waals surface area contributed by atoms with Gasteiger partial charge >= 0.3 is 5.97 Å². The van der Waals surface area contributed by atoms with Gasteiger partial charge in [0, 0.05) is 6.42 Å². The van der Waals surface area contributed by atoms with Crippen LogP contribution in [0.5, 0.6) is 0 Å². The lowest BCUT2D eigenvalue weighted by Gasteiger charge is -2.58. The van der Waals surface area contributed by atoms with Crippen LogP contribution in [0.25, 0.3) is 0 Å². The number of unbranched alkanes of at least 4 members (excludes halogenated alkanes) is 4. The molecule has 0 radical (unpaired) electrons. The molecular formula is C53H86O7. The molecule has 7 heteroatoms. The number of rotatable bonds is 23. The molecule has 1 saturated heterocycles. The fraction of sp³-hybridized carbons (Fsp3) is 0.792. The quantitative estimate of drug-likeness (QED) is 0.0535. The monoisotopic (exact) mass is 835 g/mol. The number of aliphatic hydroxyl groups excluding tert-OH is 3. The van der Waals surface area contributed by atoms with E-state index in [-0.39, 0.29) is 24.1 Å². The molecule has 4 aliphatic carbocycles. The zero-order valence-corrected chi connectivity index (χ0v) is 38.7. The Kier molecular flexibility index (Phi) is 19.7. The van der Waals surface area contributed by atoms with E-state index in [1.807, 2.05) is 0 Å². The van der Waals surface area contributed by atoms with Gasteiger partial charge in [0.25, 0.3) is 0 Å². The minimum Gasteiger partial charge on any atom is -0.463 e. The van der Waals surface area contributed by atoms with Crippen LogP contribution < -0.4 is 0 Å². The molecule has 0 aromatic carbocycles. The van der Waals surface area contributed by atoms with Crippen LogP contribution in [0, 0.1) is 46.3 Å². The Bertz CT molecular complexity index is 1450. The highest BCUT2D eigenvalue weighted by Crippen LogP contribution is 2.67. The minimum absolute atomic E-state index is 0.148. The first-order valence-corrected chi connectivity index (χ1v) is 24.7. The van der Waals surface area contributed by atoms with Crippen molar-refractivity contribution in [3.8, 4) is 0 Å². The third-order valence-electron chi connectivity index (χ3n) is 15.9. The Morgan fingerprint density at radius 1 is 0.800 bits per heavy atom. The van der Waals surface area contributed by atoms with Gasteiger partial charge in [-0.25, -0.2) is 0 Å². The van der Waals surface area contributed by atoms with Crippen molar-refractivity contribution >= 4 is 5.97 Å². The molecule has 1 aliphatic heterocycles. The maximum atomic E-state index is 12.6. The molecule has 0 aromatic rings. The minimum atomic E-state index is -1.45. The molecule has 1 heterocycles. The summed E-state index contributed by atoms with van der Waals surface area (Å²) in [4.78, 5) is 12.6. The maximum Gasteiger partial charge on any atom is 0.305 e. The summed E-state index contributed by atoms with van der Waals surface area (Å²) in [7, 11) is 0. The number of carbonyl (C=O) groups is 1. The molecule has 13 atom stereocenters. The van der Waals surface area contributed by atoms with Gasteiger partial charge in [0.15, 0.2) is 6.29 Å². The number of aliphatic hydroxyl groups is 3. The standard InChI is InChI=1S/C53H86O7/c1-7-8-9-10-11-12-13-14-15-16-17-18-19-20-21-22-23-27-47(54)58-37-46-48(55)49(56)50(57)51(60-46)59-41-32-34-52(5)40(36-41)28-29-42-44-31-30-43(39(4)26-24-25-38(2)3)53(44,6)35-33-45(42)52/h8-9,11-12,14-15,17-18,28,38-39,41-46,48-51,55-57H,7,10,13,16,19-27,29-37H2,1-6H3/b9-8-,12-11-,15-14-,18-17-. The summed E-state index contributed by atoms with van der Waals surface area (Å²) < 4.78 is 18.0. The molecular weight excluding hydrogens is 749 g/mol. The van der Waals surface area contributed by atoms with Gasteiger partial charge in [0.05, 0.1) is 6.10 Å². The van der Waals surface area contributed by atoms with Gasteiger partial charge < -0.3 is 29.5 Å². The van der Waals surface area contributed by atoms with E-state index in [1.165, 1.54) is 50.5 Å². The fourth-order valence-electron chi connectivity index (χ4n) is 12.4. The molecule has 4 fully saturated rings. The van der Waals surface area contributed by atoms with E-state index in [0.29, 0.717) is 17.8 Å². The van der Waals surface area contributed by atoms with Crippen LogP contribution in [0.1, 0.15) is 176 Å². The molecule has 5 aliphatic rings. The van der Waals surface area contributed by atoms with E-state index in [4.69, 9.17) is 14.2 Å². The summed E-state index contributed by atoms with van der Waals surface area (Å²) in [6.45, 7) is 14.4. The molecule has 3 N–H and O–H groups in total. The van der Waals surface area contributed by atoms with E-state index in [2.05, 4.69) is 96.2 Å². The lowest BCUT2D eigenvalue weighted by atomic mass is 9.47. The van der Waals surface area contributed by atoms with E-state index in [0.717, 1.165) is 113 Å². The lowest BCUT2D eigenvalue weighted by Crippen LogP contribution is -2.60. The van der Waals surface area contributed by atoms with E-state index in [1.54, 1.807) is 0 Å². The molecule has 0 bridgehead atoms. The SMILES string of the molecule is CC/C=C\C/C=C\C/C=C\C/C=C\CCCCCCC(=O)OCC1OC(OC2CCC3(C)C(=CCC4C3CCC3(C)C(C(C)CCCC(C)C)CCC43)C2)C(O)C(O)C1O. The highest BCUT2D eigenvalue weighted by atomic mass is 16.7. The highest BCUT2D eigenvalue weighted by molar-refractivity contribution is 5.69. The summed E-state index contributed by atoms with van der Waals surface area (Å²) in [5.74, 6) is 4.39. The summed E-state index contributed by atoms with van der Waals surface area (Å²) in [6, 6.07) is 0. The molecule has 0 aromatic heterocycles. The van der Waals surface area contributed by atoms with E-state index >= 15 is 0 Å². The van der Waals surface area contributed by atoms with Crippen LogP contribution in [0.3, 0.4) is 0 Å². The number of hydrogen-bond acceptors (Lipinski definition) is 7. The normalized spacial score (nSPS) is 36.3. The van der Waals surface area contributed by atoms with Crippen LogP contribution in [0.15, 0.2) is 60.3 Å². The number of allylic oxidation sites excluding steroid dienone is 9. The van der Waals surface area contributed by atoms with Crippen LogP contribution in [-0.2, 0) is 19.0 Å². The Labute approximate surface area is 365 Å². The molecule has 60 heavy (non-hydrogen) atoms. The van der Waals surface area contributed by atoms with Gasteiger partial charge in [-0.2, -0.15) is 0 Å². The second kappa shape index (κ2) is 24.1. The maximum absolute atomic E-state index is 12.6. The summed E-state index contributed by atoms with van der Waals surface area (Å²) >= 11 is 0. The smallest absolute Gasteiger partial charge is 0.305 e. The lowest BCUT2D eigenvalue weighted by molar-refractivity contribution is -0.313. The van der Waals surface area contributed by atoms with Gasteiger partial charge in [-0.15, -0.1) is 0 Å². The summed E-state index contributed by atoms with van der Waals surface area (Å²) in [5, 5.41) is 32.5. The van der Waals surface area contributed by atoms with Crippen LogP contribution in [-0.4, -0.2) is 64.7 Å². The number of carbonyl (C=O) groups excluding carboxylic acids is 1. The first-order chi connectivity index (χ1) is 28.9. The van der Waals surface area contributed by atoms with Gasteiger partial charge in [0.1, 0.15) is 31.0 Å². The molecule has 340 valence electrons. The van der Waals surface area contributed by atoms with E-state index in [9.17, 15) is 20.1 Å². The molecule has 13 unspecified atom stereocenters. The second-order valence-electron chi connectivity index (χ2n) is 20.4. The summed E-state index contributed by atoms with van der Waals surface area (Å²) in [6.07, 6.45) is 36.4. The van der Waals surface area contributed by atoms with Crippen molar-refractivity contribution in [3.05, 3.63) is 60.3 Å². The Morgan fingerprint density at radius 3 is 2.22 bits per heavy atom. The molecule has 0 spiro atoms. The van der Waals surface area contributed by atoms with Gasteiger partial charge in [-0.3, -0.25) is 4.79 Å². The van der Waals surface area contributed by atoms with Crippen molar-refractivity contribution in [1.82, 2.24) is 0 Å². The molecule has 7 nitrogen and oxygen atoms in total. The van der Waals surface area contributed by atoms with Crippen LogP contribution in [0.4, 0.5) is 0 Å². The molecule has 5 rings (SSSR count). The van der Waals surface area contributed by atoms with Crippen LogP contribution >= 0.6 is 0 Å². The van der Waals surface area contributed by atoms with Crippen molar-refractivity contribution in [2.45, 2.75) is 213 Å². The molecule has 0 amide bonds. The van der Waals surface area contributed by atoms with Crippen molar-refractivity contribution in [3.63, 3.8) is 0 Å². The Hall–Kier alpha value is -2.03. The first kappa shape index (κ1) is 49.0. The zero-order valence-electron chi connectivity index (χ0n) is 38.7. The van der Waals surface area contributed by atoms with Gasteiger partial charge in [0.2, 0.25) is 0 Å². The zero-order chi connectivity index (χ0) is 43.1. The predicted molar refractivity (Wildman–Crippen MR) is 244 cm³/mol. The van der Waals surface area contributed by atoms with Crippen molar-refractivity contribution < 1.29 is 34.3 Å². The average Bonchev–Trinajstić information content (AvgIpc) is 3.59. The third kappa shape index (κ3) is 13.0. The number of esters is 1. The number of hydrogen-bond donors (Lipinski definition) is 3. The van der Waals surface area contributed by atoms with E-state index < -0.39 is 30.7 Å². The van der Waals surface area contributed by atoms with Gasteiger partial charge in [-0.05, 0) is 143 Å². The third-order valence-corrected chi connectivity index (χ3v) is 15.9. The Balaban J connectivity index is 1.00. The topological polar surface area (TPSA) is 105 Å². The largest absolute Gasteiger partial charge is 0.463 e. The average molecular weight is 835 g/mol. The van der Waals surface area contributed by atoms with Crippen molar-refractivity contribution in [1.29, 1.82) is 0 Å². The Morgan fingerprint density at radius 2 is 1.50 bits per heavy atom. The first-order valence-electron chi connectivity index (χ1n) is 24.7. The predicted octanol–water partition coefficient (Wildman–Crippen LogP) is 11.9.